The largest absolute Gasteiger partial charge is 0.417 e. The van der Waals surface area contributed by atoms with Crippen LogP contribution in [0.4, 0.5) is 19.0 Å². The molecule has 4 rings (SSSR count). The molecule has 0 saturated heterocycles. The van der Waals surface area contributed by atoms with Gasteiger partial charge in [0.05, 0.1) is 22.5 Å². The van der Waals surface area contributed by atoms with Crippen molar-refractivity contribution in [2.75, 3.05) is 5.32 Å². The predicted molar refractivity (Wildman–Crippen MR) is 114 cm³/mol. The molecule has 2 aromatic carbocycles. The first kappa shape index (κ1) is 21.5. The Hall–Kier alpha value is -3.72. The molecule has 1 amide bonds. The van der Waals surface area contributed by atoms with E-state index in [1.165, 1.54) is 0 Å². The minimum atomic E-state index is -4.62. The number of anilines is 1. The Labute approximate surface area is 184 Å². The summed E-state index contributed by atoms with van der Waals surface area (Å²) in [7, 11) is 0. The molecule has 0 saturated carbocycles. The maximum Gasteiger partial charge on any atom is 0.417 e. The molecule has 162 valence electrons. The molecule has 6 nitrogen and oxygen atoms in total. The number of pyridine rings is 1. The van der Waals surface area contributed by atoms with Crippen LogP contribution >= 0.6 is 11.6 Å². The summed E-state index contributed by atoms with van der Waals surface area (Å²) < 4.78 is 39.7. The van der Waals surface area contributed by atoms with E-state index in [2.05, 4.69) is 15.4 Å². The van der Waals surface area contributed by atoms with Gasteiger partial charge in [0, 0.05) is 11.6 Å². The first-order valence-electron chi connectivity index (χ1n) is 9.32. The Morgan fingerprint density at radius 2 is 1.69 bits per heavy atom. The van der Waals surface area contributed by atoms with Crippen LogP contribution in [0.25, 0.3) is 10.8 Å². The van der Waals surface area contributed by atoms with Crippen LogP contribution in [0.5, 0.6) is 0 Å². The molecule has 0 bridgehead atoms. The van der Waals surface area contributed by atoms with E-state index in [0.717, 1.165) is 10.2 Å². The highest BCUT2D eigenvalue weighted by atomic mass is 35.5. The Morgan fingerprint density at radius 3 is 2.34 bits per heavy atom. The fourth-order valence-corrected chi connectivity index (χ4v) is 3.33. The summed E-state index contributed by atoms with van der Waals surface area (Å²) in [6.07, 6.45) is -4.05. The number of hydrogen-bond donors (Lipinski definition) is 1. The Bertz CT molecular complexity index is 1370. The van der Waals surface area contributed by atoms with Crippen molar-refractivity contribution in [3.63, 3.8) is 0 Å². The second-order valence-electron chi connectivity index (χ2n) is 6.85. The Kier molecular flexibility index (Phi) is 5.67. The maximum atomic E-state index is 13.0. The molecule has 0 fully saturated rings. The summed E-state index contributed by atoms with van der Waals surface area (Å²) in [6, 6.07) is 16.2. The summed E-state index contributed by atoms with van der Waals surface area (Å²) in [4.78, 5) is 29.5. The molecule has 4 aromatic rings. The third kappa shape index (κ3) is 4.33. The number of nitrogens with zero attached hydrogens (tertiary/aromatic N) is 3. The molecule has 0 radical (unpaired) electrons. The Morgan fingerprint density at radius 1 is 1.03 bits per heavy atom. The molecule has 0 atom stereocenters. The van der Waals surface area contributed by atoms with Crippen LogP contribution in [-0.4, -0.2) is 20.7 Å². The van der Waals surface area contributed by atoms with E-state index in [1.807, 2.05) is 30.3 Å². The van der Waals surface area contributed by atoms with Crippen LogP contribution in [0.1, 0.15) is 21.6 Å². The van der Waals surface area contributed by atoms with E-state index >= 15 is 0 Å². The van der Waals surface area contributed by atoms with Crippen LogP contribution in [0, 0.1) is 0 Å². The third-order valence-electron chi connectivity index (χ3n) is 4.66. The minimum absolute atomic E-state index is 0.0890. The van der Waals surface area contributed by atoms with Crippen molar-refractivity contribution in [2.45, 2.75) is 12.7 Å². The van der Waals surface area contributed by atoms with Crippen LogP contribution in [0.15, 0.2) is 71.7 Å². The molecule has 0 aliphatic carbocycles. The smallest absolute Gasteiger partial charge is 0.304 e. The summed E-state index contributed by atoms with van der Waals surface area (Å²) >= 11 is 5.90. The number of aromatic nitrogens is 3. The average molecular weight is 459 g/mol. The number of amides is 1. The molecule has 0 aliphatic heterocycles. The zero-order valence-corrected chi connectivity index (χ0v) is 17.0. The van der Waals surface area contributed by atoms with E-state index in [0.29, 0.717) is 17.6 Å². The zero-order valence-electron chi connectivity index (χ0n) is 16.2. The van der Waals surface area contributed by atoms with Gasteiger partial charge in [-0.2, -0.15) is 18.3 Å². The predicted octanol–water partition coefficient (Wildman–Crippen LogP) is 4.76. The van der Waals surface area contributed by atoms with Gasteiger partial charge in [0.25, 0.3) is 11.5 Å². The number of halogens is 4. The highest BCUT2D eigenvalue weighted by molar-refractivity contribution is 6.33. The number of rotatable bonds is 4. The number of carbonyl (C=O) groups is 1. The van der Waals surface area contributed by atoms with E-state index in [9.17, 15) is 22.8 Å². The number of fused-ring (bicyclic) bond motifs is 1. The molecule has 0 spiro atoms. The van der Waals surface area contributed by atoms with Gasteiger partial charge in [0.15, 0.2) is 11.5 Å². The highest BCUT2D eigenvalue weighted by Gasteiger charge is 2.32. The first-order valence-corrected chi connectivity index (χ1v) is 9.70. The number of benzene rings is 2. The van der Waals surface area contributed by atoms with Crippen LogP contribution in [-0.2, 0) is 12.7 Å². The maximum absolute atomic E-state index is 13.0. The fraction of sp³-hybridized carbons (Fsp3) is 0.0909. The van der Waals surface area contributed by atoms with Gasteiger partial charge in [-0.05, 0) is 17.7 Å². The van der Waals surface area contributed by atoms with Gasteiger partial charge >= 0.3 is 6.18 Å². The minimum Gasteiger partial charge on any atom is -0.304 e. The standard InChI is InChI=1S/C22H14ClF3N4O2/c23-17-10-14(22(24,25)26)11-27-19(17)28-20(31)18-15-8-4-5-9-16(15)21(32)30(29-18)12-13-6-2-1-3-7-13/h1-11H,12H2,(H,27,28,31). The van der Waals surface area contributed by atoms with E-state index in [1.54, 1.807) is 24.3 Å². The normalized spacial score (nSPS) is 11.5. The van der Waals surface area contributed by atoms with Gasteiger partial charge in [0.2, 0.25) is 0 Å². The molecule has 1 N–H and O–H groups in total. The third-order valence-corrected chi connectivity index (χ3v) is 4.95. The van der Waals surface area contributed by atoms with Gasteiger partial charge in [-0.1, -0.05) is 60.1 Å². The quantitative estimate of drug-likeness (QED) is 0.478. The molecule has 0 aliphatic rings. The highest BCUT2D eigenvalue weighted by Crippen LogP contribution is 2.32. The van der Waals surface area contributed by atoms with Crippen molar-refractivity contribution < 1.29 is 18.0 Å². The van der Waals surface area contributed by atoms with Crippen molar-refractivity contribution >= 4 is 34.1 Å². The molecular formula is C22H14ClF3N4O2. The fourth-order valence-electron chi connectivity index (χ4n) is 3.12. The summed E-state index contributed by atoms with van der Waals surface area (Å²) in [6.45, 7) is 0.129. The molecular weight excluding hydrogens is 445 g/mol. The number of hydrogen-bond acceptors (Lipinski definition) is 4. The van der Waals surface area contributed by atoms with Crippen molar-refractivity contribution in [1.29, 1.82) is 0 Å². The van der Waals surface area contributed by atoms with Crippen molar-refractivity contribution in [1.82, 2.24) is 14.8 Å². The zero-order chi connectivity index (χ0) is 22.9. The second kappa shape index (κ2) is 8.43. The van der Waals surface area contributed by atoms with Gasteiger partial charge < -0.3 is 5.32 Å². The van der Waals surface area contributed by atoms with E-state index in [4.69, 9.17) is 11.6 Å². The lowest BCUT2D eigenvalue weighted by Gasteiger charge is -2.12. The summed E-state index contributed by atoms with van der Waals surface area (Å²) in [5.74, 6) is -1.02. The van der Waals surface area contributed by atoms with Crippen LogP contribution in [0.2, 0.25) is 5.02 Å². The number of alkyl halides is 3. The van der Waals surface area contributed by atoms with Gasteiger partial charge in [-0.3, -0.25) is 9.59 Å². The molecule has 2 heterocycles. The van der Waals surface area contributed by atoms with Crippen molar-refractivity contribution in [3.05, 3.63) is 99.1 Å². The van der Waals surface area contributed by atoms with Crippen molar-refractivity contribution in [3.8, 4) is 0 Å². The van der Waals surface area contributed by atoms with Gasteiger partial charge in [-0.15, -0.1) is 0 Å². The lowest BCUT2D eigenvalue weighted by molar-refractivity contribution is -0.137. The van der Waals surface area contributed by atoms with E-state index < -0.39 is 17.6 Å². The van der Waals surface area contributed by atoms with Crippen LogP contribution < -0.4 is 10.9 Å². The average Bonchev–Trinajstić information content (AvgIpc) is 2.77. The van der Waals surface area contributed by atoms with Gasteiger partial charge in [-0.25, -0.2) is 9.67 Å². The van der Waals surface area contributed by atoms with Crippen molar-refractivity contribution in [2.24, 2.45) is 0 Å². The topological polar surface area (TPSA) is 76.9 Å². The molecule has 32 heavy (non-hydrogen) atoms. The number of carbonyl (C=O) groups excluding carboxylic acids is 1. The van der Waals surface area contributed by atoms with Gasteiger partial charge in [0.1, 0.15) is 0 Å². The first-order chi connectivity index (χ1) is 15.2. The lowest BCUT2D eigenvalue weighted by Crippen LogP contribution is -2.28. The van der Waals surface area contributed by atoms with Crippen LogP contribution in [0.3, 0.4) is 0 Å². The lowest BCUT2D eigenvalue weighted by atomic mass is 10.1. The van der Waals surface area contributed by atoms with E-state index in [-0.39, 0.29) is 34.0 Å². The SMILES string of the molecule is O=C(Nc1ncc(C(F)(F)F)cc1Cl)c1nn(Cc2ccccc2)c(=O)c2ccccc12. The summed E-state index contributed by atoms with van der Waals surface area (Å²) in [5.41, 5.74) is -0.711. The second-order valence-corrected chi connectivity index (χ2v) is 7.26. The molecule has 10 heteroatoms. The number of nitrogens with one attached hydrogen (secondary N) is 1. The Balaban J connectivity index is 1.74. The monoisotopic (exact) mass is 458 g/mol. The summed E-state index contributed by atoms with van der Waals surface area (Å²) in [5, 5.41) is 6.79. The molecule has 0 unspecified atom stereocenters. The molecule has 2 aromatic heterocycles.